The van der Waals surface area contributed by atoms with Crippen LogP contribution in [0.25, 0.3) is 0 Å². The number of aliphatic hydroxyl groups is 1. The quantitative estimate of drug-likeness (QED) is 0.795. The summed E-state index contributed by atoms with van der Waals surface area (Å²) in [5, 5.41) is 11.9. The Morgan fingerprint density at radius 1 is 1.29 bits per heavy atom. The normalized spacial score (nSPS) is 22.6. The van der Waals surface area contributed by atoms with Crippen molar-refractivity contribution in [1.82, 2.24) is 10.2 Å². The number of benzene rings is 1. The lowest BCUT2D eigenvalue weighted by molar-refractivity contribution is -0.126. The molecule has 1 saturated heterocycles. The molecule has 2 rings (SSSR count). The van der Waals surface area contributed by atoms with Gasteiger partial charge in [-0.05, 0) is 35.0 Å². The van der Waals surface area contributed by atoms with Crippen LogP contribution in [0.1, 0.15) is 5.56 Å². The van der Waals surface area contributed by atoms with Gasteiger partial charge in [-0.15, -0.1) is 0 Å². The van der Waals surface area contributed by atoms with E-state index in [2.05, 4.69) is 5.32 Å². The van der Waals surface area contributed by atoms with Crippen LogP contribution < -0.4 is 5.32 Å². The minimum Gasteiger partial charge on any atom is -0.368 e. The number of halogens is 1. The van der Waals surface area contributed by atoms with Crippen LogP contribution in [0.3, 0.4) is 0 Å². The number of urea groups is 1. The molecule has 0 bridgehead atoms. The van der Waals surface area contributed by atoms with Crippen molar-refractivity contribution in [3.05, 3.63) is 35.6 Å². The monoisotopic (exact) mass is 313 g/mol. The molecule has 0 saturated carbocycles. The molecule has 1 aliphatic heterocycles. The fourth-order valence-corrected chi connectivity index (χ4v) is 3.38. The van der Waals surface area contributed by atoms with Gasteiger partial charge < -0.3 is 5.11 Å². The van der Waals surface area contributed by atoms with Gasteiger partial charge in [-0.1, -0.05) is 12.1 Å². The summed E-state index contributed by atoms with van der Waals surface area (Å²) in [5.74, 6) is -0.750. The third kappa shape index (κ3) is 3.54. The Hall–Kier alpha value is -1.60. The van der Waals surface area contributed by atoms with Gasteiger partial charge in [0.25, 0.3) is 5.91 Å². The van der Waals surface area contributed by atoms with Crippen LogP contribution in [-0.4, -0.2) is 52.5 Å². The molecule has 2 atom stereocenters. The maximum atomic E-state index is 12.8. The van der Waals surface area contributed by atoms with Crippen LogP contribution in [0.5, 0.6) is 0 Å². The molecule has 0 aromatic heterocycles. The van der Waals surface area contributed by atoms with Crippen molar-refractivity contribution in [1.29, 1.82) is 0 Å². The molecule has 0 spiro atoms. The molecular weight excluding hydrogens is 295 g/mol. The van der Waals surface area contributed by atoms with E-state index in [0.717, 1.165) is 5.56 Å². The van der Waals surface area contributed by atoms with Crippen LogP contribution in [0.15, 0.2) is 24.3 Å². The smallest absolute Gasteiger partial charge is 0.326 e. The fraction of sp³-hybridized carbons (Fsp3) is 0.429. The summed E-state index contributed by atoms with van der Waals surface area (Å²) in [6.07, 6.45) is 3.06. The molecule has 3 amide bonds. The molecule has 1 aromatic carbocycles. The minimum absolute atomic E-state index is 0.264. The highest BCUT2D eigenvalue weighted by atomic mass is 32.2. The van der Waals surface area contributed by atoms with Crippen LogP contribution >= 0.6 is 0 Å². The van der Waals surface area contributed by atoms with Gasteiger partial charge in [-0.3, -0.25) is 15.0 Å². The molecule has 7 heteroatoms. The van der Waals surface area contributed by atoms with E-state index < -0.39 is 23.4 Å². The van der Waals surface area contributed by atoms with Crippen molar-refractivity contribution in [3.63, 3.8) is 0 Å². The van der Waals surface area contributed by atoms with Crippen LogP contribution in [0.2, 0.25) is 0 Å². The Morgan fingerprint density at radius 2 is 1.90 bits per heavy atom. The number of nitrogens with one attached hydrogen (secondary N) is 1. The number of aliphatic hydroxyl groups excluding tert-OH is 1. The number of amides is 3. The highest BCUT2D eigenvalue weighted by molar-refractivity contribution is 7.96. The van der Waals surface area contributed by atoms with Gasteiger partial charge in [0.05, 0.1) is 12.5 Å². The zero-order valence-electron chi connectivity index (χ0n) is 11.9. The van der Waals surface area contributed by atoms with Crippen molar-refractivity contribution in [2.45, 2.75) is 17.9 Å². The van der Waals surface area contributed by atoms with E-state index in [1.165, 1.54) is 17.0 Å². The molecule has 1 aliphatic rings. The van der Waals surface area contributed by atoms with Gasteiger partial charge in [0, 0.05) is 6.54 Å². The lowest BCUT2D eigenvalue weighted by Gasteiger charge is -2.34. The summed E-state index contributed by atoms with van der Waals surface area (Å²) in [5.41, 5.74) is 0.858. The van der Waals surface area contributed by atoms with E-state index >= 15 is 0 Å². The maximum Gasteiger partial charge on any atom is 0.326 e. The third-order valence-corrected chi connectivity index (χ3v) is 4.88. The molecule has 21 heavy (non-hydrogen) atoms. The highest BCUT2D eigenvalue weighted by Gasteiger charge is 2.47. The number of hydrogen-bond acceptors (Lipinski definition) is 3. The number of carbonyl (C=O) groups excluding carboxylic acids is 2. The van der Waals surface area contributed by atoms with Crippen LogP contribution in [0.4, 0.5) is 9.18 Å². The van der Waals surface area contributed by atoms with E-state index in [1.54, 1.807) is 12.1 Å². The summed E-state index contributed by atoms with van der Waals surface area (Å²) in [6.45, 7) is 0.264. The Bertz CT molecular complexity index is 536. The van der Waals surface area contributed by atoms with Gasteiger partial charge in [-0.25, -0.2) is 9.18 Å². The van der Waals surface area contributed by atoms with Crippen LogP contribution in [-0.2, 0) is 22.1 Å². The second-order valence-electron chi connectivity index (χ2n) is 5.08. The van der Waals surface area contributed by atoms with Crippen molar-refractivity contribution in [2.24, 2.45) is 0 Å². The molecule has 0 radical (unpaired) electrons. The number of nitrogens with zero attached hydrogens (tertiary/aromatic N) is 1. The average molecular weight is 313 g/mol. The lowest BCUT2D eigenvalue weighted by atomic mass is 10.1. The first kappa shape index (κ1) is 15.8. The first-order chi connectivity index (χ1) is 9.90. The molecule has 5 nitrogen and oxygen atoms in total. The van der Waals surface area contributed by atoms with E-state index in [9.17, 15) is 19.1 Å². The summed E-state index contributed by atoms with van der Waals surface area (Å²) in [6, 6.07) is 5.39. The van der Waals surface area contributed by atoms with E-state index in [1.807, 2.05) is 12.5 Å². The van der Waals surface area contributed by atoms with Crippen molar-refractivity contribution >= 4 is 22.8 Å². The number of rotatable bonds is 4. The molecule has 0 aliphatic carbocycles. The second-order valence-corrected chi connectivity index (χ2v) is 7.35. The number of imide groups is 1. The average Bonchev–Trinajstić information content (AvgIpc) is 2.39. The Morgan fingerprint density at radius 3 is 2.48 bits per heavy atom. The molecular formula is C14H18FN2O3S+. The SMILES string of the molecule is C[S+](C)C1C(=O)NC(=O)N(CCc2ccc(F)cc2)C1O. The predicted octanol–water partition coefficient (Wildman–Crippen LogP) is 0.485. The topological polar surface area (TPSA) is 69.6 Å². The second kappa shape index (κ2) is 6.44. The Labute approximate surface area is 125 Å². The van der Waals surface area contributed by atoms with Crippen LogP contribution in [0, 0.1) is 5.82 Å². The molecule has 114 valence electrons. The van der Waals surface area contributed by atoms with Gasteiger partial charge in [0.15, 0.2) is 6.23 Å². The Balaban J connectivity index is 2.05. The molecule has 1 heterocycles. The summed E-state index contributed by atoms with van der Waals surface area (Å²) in [4.78, 5) is 24.8. The molecule has 1 aromatic rings. The number of carbonyl (C=O) groups is 2. The predicted molar refractivity (Wildman–Crippen MR) is 79.4 cm³/mol. The fourth-order valence-electron chi connectivity index (χ4n) is 2.26. The van der Waals surface area contributed by atoms with Crippen molar-refractivity contribution in [3.8, 4) is 0 Å². The standard InChI is InChI=1S/C14H17FN2O3S/c1-21(2)11-12(18)16-14(20)17(13(11)19)8-7-9-3-5-10(15)6-4-9/h3-6,11,13,19H,7-8H2,1-2H3/p+1. The van der Waals surface area contributed by atoms with Gasteiger partial charge >= 0.3 is 6.03 Å². The zero-order valence-corrected chi connectivity index (χ0v) is 12.7. The van der Waals surface area contributed by atoms with Gasteiger partial charge in [0.2, 0.25) is 5.25 Å². The molecule has 1 fully saturated rings. The van der Waals surface area contributed by atoms with E-state index in [4.69, 9.17) is 0 Å². The largest absolute Gasteiger partial charge is 0.368 e. The van der Waals surface area contributed by atoms with Gasteiger partial charge in [-0.2, -0.15) is 0 Å². The lowest BCUT2D eigenvalue weighted by Crippen LogP contribution is -2.64. The minimum atomic E-state index is -1.12. The summed E-state index contributed by atoms with van der Waals surface area (Å²) < 4.78 is 12.8. The molecule has 2 unspecified atom stereocenters. The first-order valence-corrected chi connectivity index (χ1v) is 8.61. The Kier molecular flexibility index (Phi) is 4.84. The number of hydrogen-bond donors (Lipinski definition) is 2. The zero-order chi connectivity index (χ0) is 15.6. The van der Waals surface area contributed by atoms with Gasteiger partial charge in [0.1, 0.15) is 5.82 Å². The summed E-state index contributed by atoms with van der Waals surface area (Å²) in [7, 11) is -0.355. The maximum absolute atomic E-state index is 12.8. The van der Waals surface area contributed by atoms with E-state index in [0.29, 0.717) is 6.42 Å². The van der Waals surface area contributed by atoms with Crippen molar-refractivity contribution in [2.75, 3.05) is 19.1 Å². The van der Waals surface area contributed by atoms with Crippen molar-refractivity contribution < 1.29 is 19.1 Å². The van der Waals surface area contributed by atoms with E-state index in [-0.39, 0.29) is 23.3 Å². The first-order valence-electron chi connectivity index (χ1n) is 6.50. The highest BCUT2D eigenvalue weighted by Crippen LogP contribution is 2.17. The summed E-state index contributed by atoms with van der Waals surface area (Å²) >= 11 is 0. The molecule has 2 N–H and O–H groups in total. The third-order valence-electron chi connectivity index (χ3n) is 3.40.